The lowest BCUT2D eigenvalue weighted by Gasteiger charge is -2.31. The lowest BCUT2D eigenvalue weighted by molar-refractivity contribution is -0.130. The number of nitriles is 1. The number of rotatable bonds is 5. The van der Waals surface area contributed by atoms with Crippen LogP contribution < -0.4 is 5.32 Å². The topological polar surface area (TPSA) is 73.1 Å². The Hall–Kier alpha value is -1.08. The van der Waals surface area contributed by atoms with Crippen molar-refractivity contribution >= 4 is 5.91 Å². The average molecular weight is 252 g/mol. The molecule has 4 heteroatoms. The minimum Gasteiger partial charge on any atom is -0.394 e. The maximum Gasteiger partial charge on any atom is 0.240 e. The number of aliphatic hydroxyl groups excluding tert-OH is 1. The molecule has 0 bridgehead atoms. The number of aliphatic hydroxyl groups is 1. The van der Waals surface area contributed by atoms with Gasteiger partial charge in [0.15, 0.2) is 0 Å². The van der Waals surface area contributed by atoms with Gasteiger partial charge in [-0.1, -0.05) is 33.1 Å². The molecular formula is C14H24N2O2. The molecule has 0 heterocycles. The molecule has 0 spiro atoms. The predicted molar refractivity (Wildman–Crippen MR) is 69.6 cm³/mol. The Morgan fingerprint density at radius 2 is 2.00 bits per heavy atom. The molecule has 1 unspecified atom stereocenters. The van der Waals surface area contributed by atoms with Crippen LogP contribution in [0.5, 0.6) is 0 Å². The highest BCUT2D eigenvalue weighted by atomic mass is 16.3. The van der Waals surface area contributed by atoms with Crippen LogP contribution >= 0.6 is 0 Å². The van der Waals surface area contributed by atoms with Crippen molar-refractivity contribution in [3.63, 3.8) is 0 Å². The summed E-state index contributed by atoms with van der Waals surface area (Å²) in [6.45, 7) is 4.04. The summed E-state index contributed by atoms with van der Waals surface area (Å²) < 4.78 is 0. The minimum atomic E-state index is -0.858. The van der Waals surface area contributed by atoms with Gasteiger partial charge in [0.25, 0.3) is 0 Å². The first-order valence-electron chi connectivity index (χ1n) is 6.87. The summed E-state index contributed by atoms with van der Waals surface area (Å²) in [7, 11) is 0. The number of carbonyl (C=O) groups is 1. The second kappa shape index (κ2) is 6.75. The van der Waals surface area contributed by atoms with Crippen LogP contribution in [-0.2, 0) is 4.79 Å². The largest absolute Gasteiger partial charge is 0.394 e. The normalized spacial score (nSPS) is 20.2. The smallest absolute Gasteiger partial charge is 0.240 e. The van der Waals surface area contributed by atoms with Gasteiger partial charge in [-0.3, -0.25) is 4.79 Å². The minimum absolute atomic E-state index is 0.0641. The summed E-state index contributed by atoms with van der Waals surface area (Å²) in [5, 5.41) is 21.4. The zero-order chi connectivity index (χ0) is 13.6. The molecule has 1 amide bonds. The van der Waals surface area contributed by atoms with Crippen molar-refractivity contribution in [2.45, 2.75) is 58.4 Å². The average Bonchev–Trinajstić information content (AvgIpc) is 2.38. The summed E-state index contributed by atoms with van der Waals surface area (Å²) in [5.74, 6) is 0.219. The Balaban J connectivity index is 2.64. The van der Waals surface area contributed by atoms with E-state index >= 15 is 0 Å². The molecule has 0 aromatic heterocycles. The molecule has 1 saturated carbocycles. The van der Waals surface area contributed by atoms with E-state index in [-0.39, 0.29) is 18.6 Å². The van der Waals surface area contributed by atoms with E-state index in [9.17, 15) is 15.2 Å². The third kappa shape index (κ3) is 3.71. The maximum absolute atomic E-state index is 12.3. The molecular weight excluding hydrogens is 228 g/mol. The number of nitrogens with zero attached hydrogens (tertiary/aromatic N) is 1. The second-order valence-corrected chi connectivity index (χ2v) is 5.74. The molecule has 0 aliphatic heterocycles. The van der Waals surface area contributed by atoms with E-state index < -0.39 is 5.41 Å². The highest BCUT2D eigenvalue weighted by molar-refractivity contribution is 5.85. The van der Waals surface area contributed by atoms with Crippen molar-refractivity contribution in [1.29, 1.82) is 5.26 Å². The summed E-state index contributed by atoms with van der Waals surface area (Å²) in [5.41, 5.74) is -0.858. The lowest BCUT2D eigenvalue weighted by atomic mass is 9.74. The van der Waals surface area contributed by atoms with Gasteiger partial charge in [-0.2, -0.15) is 5.26 Å². The number of hydrogen-bond acceptors (Lipinski definition) is 3. The molecule has 1 fully saturated rings. The standard InChI is InChI=1S/C14H24N2O2/c1-11(2)8-12(9-17)16-13(18)14(10-15)6-4-3-5-7-14/h11-12,17H,3-9H2,1-2H3,(H,16,18). The fourth-order valence-corrected chi connectivity index (χ4v) is 2.62. The summed E-state index contributed by atoms with van der Waals surface area (Å²) in [6, 6.07) is 1.97. The molecule has 0 aromatic rings. The second-order valence-electron chi connectivity index (χ2n) is 5.74. The first-order valence-corrected chi connectivity index (χ1v) is 6.87. The molecule has 0 radical (unpaired) electrons. The van der Waals surface area contributed by atoms with Crippen LogP contribution in [0.1, 0.15) is 52.4 Å². The SMILES string of the molecule is CC(C)CC(CO)NC(=O)C1(C#N)CCCCC1. The van der Waals surface area contributed by atoms with Gasteiger partial charge in [0.05, 0.1) is 18.7 Å². The van der Waals surface area contributed by atoms with Crippen molar-refractivity contribution < 1.29 is 9.90 Å². The van der Waals surface area contributed by atoms with E-state index in [1.165, 1.54) is 0 Å². The van der Waals surface area contributed by atoms with Crippen molar-refractivity contribution in [2.75, 3.05) is 6.61 Å². The Labute approximate surface area is 109 Å². The van der Waals surface area contributed by atoms with Crippen LogP contribution in [0.4, 0.5) is 0 Å². The zero-order valence-electron chi connectivity index (χ0n) is 11.4. The molecule has 0 aromatic carbocycles. The molecule has 4 nitrogen and oxygen atoms in total. The predicted octanol–water partition coefficient (Wildman–Crippen LogP) is 1.98. The van der Waals surface area contributed by atoms with Gasteiger partial charge in [0.2, 0.25) is 5.91 Å². The van der Waals surface area contributed by atoms with Crippen LogP contribution in [0.15, 0.2) is 0 Å². The maximum atomic E-state index is 12.3. The van der Waals surface area contributed by atoms with Gasteiger partial charge < -0.3 is 10.4 Å². The summed E-state index contributed by atoms with van der Waals surface area (Å²) in [4.78, 5) is 12.3. The molecule has 102 valence electrons. The lowest BCUT2D eigenvalue weighted by Crippen LogP contribution is -2.47. The quantitative estimate of drug-likeness (QED) is 0.785. The van der Waals surface area contributed by atoms with Gasteiger partial charge in [0, 0.05) is 0 Å². The first-order chi connectivity index (χ1) is 8.54. The van der Waals surface area contributed by atoms with Crippen LogP contribution in [-0.4, -0.2) is 23.7 Å². The van der Waals surface area contributed by atoms with Crippen LogP contribution in [0, 0.1) is 22.7 Å². The molecule has 18 heavy (non-hydrogen) atoms. The Morgan fingerprint density at radius 3 is 2.44 bits per heavy atom. The van der Waals surface area contributed by atoms with Crippen LogP contribution in [0.25, 0.3) is 0 Å². The Morgan fingerprint density at radius 1 is 1.39 bits per heavy atom. The molecule has 1 atom stereocenters. The fourth-order valence-electron chi connectivity index (χ4n) is 2.62. The van der Waals surface area contributed by atoms with Crippen molar-refractivity contribution in [1.82, 2.24) is 5.32 Å². The van der Waals surface area contributed by atoms with Crippen LogP contribution in [0.3, 0.4) is 0 Å². The van der Waals surface area contributed by atoms with E-state index in [0.717, 1.165) is 25.7 Å². The van der Waals surface area contributed by atoms with Gasteiger partial charge in [-0.15, -0.1) is 0 Å². The highest BCUT2D eigenvalue weighted by Gasteiger charge is 2.40. The Bertz CT molecular complexity index is 314. The summed E-state index contributed by atoms with van der Waals surface area (Å²) >= 11 is 0. The molecule has 2 N–H and O–H groups in total. The monoisotopic (exact) mass is 252 g/mol. The molecule has 1 aliphatic carbocycles. The number of amides is 1. The third-order valence-corrected chi connectivity index (χ3v) is 3.67. The van der Waals surface area contributed by atoms with E-state index in [1.807, 2.05) is 0 Å². The number of hydrogen-bond donors (Lipinski definition) is 2. The summed E-state index contributed by atoms with van der Waals surface area (Å²) in [6.07, 6.45) is 5.02. The fraction of sp³-hybridized carbons (Fsp3) is 0.857. The van der Waals surface area contributed by atoms with Gasteiger partial charge in [-0.25, -0.2) is 0 Å². The van der Waals surface area contributed by atoms with Gasteiger partial charge >= 0.3 is 0 Å². The number of carbonyl (C=O) groups excluding carboxylic acids is 1. The molecule has 1 aliphatic rings. The van der Waals surface area contributed by atoms with E-state index in [2.05, 4.69) is 25.2 Å². The Kier molecular flexibility index (Phi) is 5.61. The molecule has 0 saturated heterocycles. The highest BCUT2D eigenvalue weighted by Crippen LogP contribution is 2.36. The zero-order valence-corrected chi connectivity index (χ0v) is 11.4. The first kappa shape index (κ1) is 15.0. The van der Waals surface area contributed by atoms with E-state index in [0.29, 0.717) is 18.8 Å². The van der Waals surface area contributed by atoms with Crippen molar-refractivity contribution in [3.8, 4) is 6.07 Å². The van der Waals surface area contributed by atoms with E-state index in [1.54, 1.807) is 0 Å². The van der Waals surface area contributed by atoms with Gasteiger partial charge in [0.1, 0.15) is 5.41 Å². The van der Waals surface area contributed by atoms with Crippen LogP contribution in [0.2, 0.25) is 0 Å². The van der Waals surface area contributed by atoms with Crippen molar-refractivity contribution in [3.05, 3.63) is 0 Å². The number of nitrogens with one attached hydrogen (secondary N) is 1. The van der Waals surface area contributed by atoms with Gasteiger partial charge in [-0.05, 0) is 25.2 Å². The third-order valence-electron chi connectivity index (χ3n) is 3.67. The molecule has 1 rings (SSSR count). The van der Waals surface area contributed by atoms with Crippen molar-refractivity contribution in [2.24, 2.45) is 11.3 Å². The van der Waals surface area contributed by atoms with E-state index in [4.69, 9.17) is 0 Å².